The molecule has 8 nitrogen and oxygen atoms in total. The van der Waals surface area contributed by atoms with E-state index >= 15 is 0 Å². The molecule has 0 unspecified atom stereocenters. The number of rotatable bonds is 6. The summed E-state index contributed by atoms with van der Waals surface area (Å²) in [7, 11) is 0. The van der Waals surface area contributed by atoms with E-state index in [2.05, 4.69) is 15.3 Å². The topological polar surface area (TPSA) is 89.5 Å². The molecule has 1 fully saturated rings. The van der Waals surface area contributed by atoms with Crippen LogP contribution in [0.4, 0.5) is 15.9 Å². The van der Waals surface area contributed by atoms with E-state index in [9.17, 15) is 14.5 Å². The van der Waals surface area contributed by atoms with Gasteiger partial charge in [-0.05, 0) is 37.1 Å². The molecule has 4 aromatic rings. The molecule has 0 spiro atoms. The average Bonchev–Trinajstić information content (AvgIpc) is 3.51. The van der Waals surface area contributed by atoms with Crippen molar-refractivity contribution < 1.29 is 9.31 Å². The monoisotopic (exact) mass is 404 g/mol. The molecule has 5 rings (SSSR count). The fourth-order valence-electron chi connectivity index (χ4n) is 3.53. The van der Waals surface area contributed by atoms with E-state index in [0.717, 1.165) is 12.8 Å². The maximum Gasteiger partial charge on any atom is 0.274 e. The van der Waals surface area contributed by atoms with Gasteiger partial charge < -0.3 is 4.90 Å². The van der Waals surface area contributed by atoms with Gasteiger partial charge in [0.25, 0.3) is 5.69 Å². The largest absolute Gasteiger partial charge is 0.348 e. The summed E-state index contributed by atoms with van der Waals surface area (Å²) < 4.78 is 15.8. The van der Waals surface area contributed by atoms with Crippen LogP contribution in [0.15, 0.2) is 60.7 Å². The Morgan fingerprint density at radius 1 is 1.07 bits per heavy atom. The molecule has 1 aliphatic rings. The Labute approximate surface area is 170 Å². The van der Waals surface area contributed by atoms with Crippen molar-refractivity contribution in [2.75, 3.05) is 4.90 Å². The minimum atomic E-state index is -0.405. The Morgan fingerprint density at radius 3 is 2.60 bits per heavy atom. The standard InChI is InChI=1S/C21H17FN6O2/c22-17-7-3-2-6-16(17)21-24-23-19-11-12-20(25-27(19)21)26(15-9-10-15)13-14-5-1-4-8-18(14)28(29)30/h1-8,11-12,15H,9-10,13H2. The van der Waals surface area contributed by atoms with Gasteiger partial charge >= 0.3 is 0 Å². The van der Waals surface area contributed by atoms with Crippen molar-refractivity contribution in [2.45, 2.75) is 25.4 Å². The van der Waals surface area contributed by atoms with Crippen LogP contribution < -0.4 is 4.90 Å². The molecule has 0 bridgehead atoms. The molecule has 0 atom stereocenters. The Hall–Kier alpha value is -3.88. The Kier molecular flexibility index (Phi) is 4.35. The summed E-state index contributed by atoms with van der Waals surface area (Å²) in [5, 5.41) is 24.3. The lowest BCUT2D eigenvalue weighted by molar-refractivity contribution is -0.385. The quantitative estimate of drug-likeness (QED) is 0.356. The second-order valence-electron chi connectivity index (χ2n) is 7.21. The van der Waals surface area contributed by atoms with Gasteiger partial charge in [0, 0.05) is 17.7 Å². The molecule has 1 saturated carbocycles. The highest BCUT2D eigenvalue weighted by Gasteiger charge is 2.32. The summed E-state index contributed by atoms with van der Waals surface area (Å²) in [6, 6.07) is 16.9. The van der Waals surface area contributed by atoms with Crippen LogP contribution in [0.3, 0.4) is 0 Å². The first-order valence-electron chi connectivity index (χ1n) is 9.58. The zero-order valence-electron chi connectivity index (χ0n) is 15.8. The third kappa shape index (κ3) is 3.24. The predicted molar refractivity (Wildman–Crippen MR) is 108 cm³/mol. The number of para-hydroxylation sites is 1. The number of halogens is 1. The van der Waals surface area contributed by atoms with Gasteiger partial charge in [0.15, 0.2) is 11.5 Å². The molecule has 2 aromatic heterocycles. The average molecular weight is 404 g/mol. The third-order valence-electron chi connectivity index (χ3n) is 5.17. The maximum atomic E-state index is 14.3. The van der Waals surface area contributed by atoms with Gasteiger partial charge in [-0.1, -0.05) is 30.3 Å². The minimum Gasteiger partial charge on any atom is -0.348 e. The van der Waals surface area contributed by atoms with Crippen LogP contribution in [0.25, 0.3) is 17.0 Å². The molecule has 150 valence electrons. The molecular formula is C21H17FN6O2. The number of hydrogen-bond acceptors (Lipinski definition) is 6. The van der Waals surface area contributed by atoms with Gasteiger partial charge in [0.1, 0.15) is 11.6 Å². The van der Waals surface area contributed by atoms with Crippen molar-refractivity contribution >= 4 is 17.2 Å². The summed E-state index contributed by atoms with van der Waals surface area (Å²) in [5.41, 5.74) is 1.51. The van der Waals surface area contributed by atoms with E-state index in [-0.39, 0.29) is 16.7 Å². The molecule has 0 aliphatic heterocycles. The summed E-state index contributed by atoms with van der Waals surface area (Å²) in [4.78, 5) is 13.1. The van der Waals surface area contributed by atoms with Crippen molar-refractivity contribution in [2.24, 2.45) is 0 Å². The first kappa shape index (κ1) is 18.2. The van der Waals surface area contributed by atoms with E-state index in [1.54, 1.807) is 42.5 Å². The lowest BCUT2D eigenvalue weighted by Gasteiger charge is -2.23. The second kappa shape index (κ2) is 7.18. The summed E-state index contributed by atoms with van der Waals surface area (Å²) >= 11 is 0. The number of nitro benzene ring substituents is 1. The first-order chi connectivity index (χ1) is 14.6. The van der Waals surface area contributed by atoms with E-state index in [1.165, 1.54) is 16.6 Å². The molecular weight excluding hydrogens is 387 g/mol. The molecule has 0 amide bonds. The molecule has 0 N–H and O–H groups in total. The van der Waals surface area contributed by atoms with Gasteiger partial charge in [0.05, 0.1) is 17.0 Å². The summed E-state index contributed by atoms with van der Waals surface area (Å²) in [6.07, 6.45) is 1.98. The molecule has 9 heteroatoms. The smallest absolute Gasteiger partial charge is 0.274 e. The van der Waals surface area contributed by atoms with Crippen LogP contribution in [0.5, 0.6) is 0 Å². The van der Waals surface area contributed by atoms with Gasteiger partial charge in [0.2, 0.25) is 0 Å². The van der Waals surface area contributed by atoms with Gasteiger partial charge in [-0.3, -0.25) is 10.1 Å². The van der Waals surface area contributed by atoms with Crippen LogP contribution in [0, 0.1) is 15.9 Å². The maximum absolute atomic E-state index is 14.3. The highest BCUT2D eigenvalue weighted by atomic mass is 19.1. The number of nitrogens with zero attached hydrogens (tertiary/aromatic N) is 6. The Morgan fingerprint density at radius 2 is 1.83 bits per heavy atom. The summed E-state index contributed by atoms with van der Waals surface area (Å²) in [6.45, 7) is 0.359. The van der Waals surface area contributed by atoms with Crippen molar-refractivity contribution in [1.82, 2.24) is 19.8 Å². The van der Waals surface area contributed by atoms with Crippen LogP contribution in [0.2, 0.25) is 0 Å². The number of nitro groups is 1. The molecule has 2 heterocycles. The number of benzene rings is 2. The van der Waals surface area contributed by atoms with Gasteiger partial charge in [-0.2, -0.15) is 4.52 Å². The number of aromatic nitrogens is 4. The lowest BCUT2D eigenvalue weighted by atomic mass is 10.1. The van der Waals surface area contributed by atoms with Crippen molar-refractivity contribution in [3.05, 3.63) is 82.2 Å². The number of fused-ring (bicyclic) bond motifs is 1. The van der Waals surface area contributed by atoms with Crippen molar-refractivity contribution in [3.63, 3.8) is 0 Å². The molecule has 30 heavy (non-hydrogen) atoms. The van der Waals surface area contributed by atoms with Crippen molar-refractivity contribution in [3.8, 4) is 11.4 Å². The molecule has 0 saturated heterocycles. The van der Waals surface area contributed by atoms with Gasteiger partial charge in [-0.25, -0.2) is 4.39 Å². The van der Waals surface area contributed by atoms with E-state index in [0.29, 0.717) is 35.0 Å². The zero-order chi connectivity index (χ0) is 20.7. The molecule has 1 aliphatic carbocycles. The predicted octanol–water partition coefficient (Wildman–Crippen LogP) is 4.01. The highest BCUT2D eigenvalue weighted by Crippen LogP contribution is 2.34. The van der Waals surface area contributed by atoms with Gasteiger partial charge in [-0.15, -0.1) is 15.3 Å². The third-order valence-corrected chi connectivity index (χ3v) is 5.17. The fourth-order valence-corrected chi connectivity index (χ4v) is 3.53. The molecule has 2 aromatic carbocycles. The van der Waals surface area contributed by atoms with E-state index in [4.69, 9.17) is 0 Å². The van der Waals surface area contributed by atoms with Crippen LogP contribution in [0.1, 0.15) is 18.4 Å². The van der Waals surface area contributed by atoms with Crippen molar-refractivity contribution in [1.29, 1.82) is 0 Å². The first-order valence-corrected chi connectivity index (χ1v) is 9.58. The normalized spacial score (nSPS) is 13.5. The molecule has 0 radical (unpaired) electrons. The second-order valence-corrected chi connectivity index (χ2v) is 7.21. The van der Waals surface area contributed by atoms with Crippen LogP contribution in [-0.2, 0) is 6.54 Å². The fraction of sp³-hybridized carbons (Fsp3) is 0.190. The number of anilines is 1. The highest BCUT2D eigenvalue weighted by molar-refractivity contribution is 5.60. The lowest BCUT2D eigenvalue weighted by Crippen LogP contribution is -2.27. The van der Waals surface area contributed by atoms with Crippen LogP contribution in [-0.4, -0.2) is 30.8 Å². The van der Waals surface area contributed by atoms with E-state index < -0.39 is 5.82 Å². The van der Waals surface area contributed by atoms with Crippen LogP contribution >= 0.6 is 0 Å². The SMILES string of the molecule is O=[N+]([O-])c1ccccc1CN(c1ccc2nnc(-c3ccccc3F)n2n1)C1CC1. The minimum absolute atomic E-state index is 0.0839. The Bertz CT molecular complexity index is 1250. The Balaban J connectivity index is 1.57. The number of hydrogen-bond donors (Lipinski definition) is 0. The van der Waals surface area contributed by atoms with E-state index in [1.807, 2.05) is 11.0 Å². The summed E-state index contributed by atoms with van der Waals surface area (Å²) in [5.74, 6) is 0.546. The zero-order valence-corrected chi connectivity index (χ0v) is 15.8.